The lowest BCUT2D eigenvalue weighted by Crippen LogP contribution is -2.17. The average Bonchev–Trinajstić information content (AvgIpc) is 2.85. The Kier molecular flexibility index (Phi) is 3.44. The van der Waals surface area contributed by atoms with E-state index in [0.717, 1.165) is 22.5 Å². The molecule has 0 aliphatic rings. The Balaban J connectivity index is 2.10. The second-order valence-corrected chi connectivity index (χ2v) is 6.64. The fourth-order valence-corrected chi connectivity index (χ4v) is 2.76. The van der Waals surface area contributed by atoms with E-state index in [-0.39, 0.29) is 5.41 Å². The van der Waals surface area contributed by atoms with Gasteiger partial charge in [0.2, 0.25) is 5.13 Å². The molecule has 0 bridgehead atoms. The van der Waals surface area contributed by atoms with E-state index < -0.39 is 0 Å². The minimum Gasteiger partial charge on any atom is -0.343 e. The number of hydrogen-bond acceptors (Lipinski definition) is 6. The molecule has 0 atom stereocenters. The van der Waals surface area contributed by atoms with Gasteiger partial charge < -0.3 is 4.90 Å². The van der Waals surface area contributed by atoms with Crippen molar-refractivity contribution in [3.8, 4) is 0 Å². The largest absolute Gasteiger partial charge is 0.343 e. The van der Waals surface area contributed by atoms with E-state index in [1.165, 1.54) is 11.5 Å². The summed E-state index contributed by atoms with van der Waals surface area (Å²) in [6.45, 7) is 7.16. The van der Waals surface area contributed by atoms with E-state index in [4.69, 9.17) is 0 Å². The van der Waals surface area contributed by atoms with Crippen LogP contribution < -0.4 is 4.90 Å². The van der Waals surface area contributed by atoms with Crippen molar-refractivity contribution >= 4 is 28.0 Å². The van der Waals surface area contributed by atoms with Gasteiger partial charge in [0, 0.05) is 35.6 Å². The normalized spacial score (nSPS) is 11.8. The molecule has 0 aromatic carbocycles. The molecule has 0 fully saturated rings. The maximum atomic E-state index is 4.57. The van der Waals surface area contributed by atoms with Crippen LogP contribution in [-0.2, 0) is 12.0 Å². The van der Waals surface area contributed by atoms with E-state index in [1.807, 2.05) is 18.6 Å². The van der Waals surface area contributed by atoms with Crippen molar-refractivity contribution in [1.82, 2.24) is 14.3 Å². The molecule has 0 N–H and O–H groups in total. The Morgan fingerprint density at radius 1 is 1.35 bits per heavy atom. The van der Waals surface area contributed by atoms with E-state index >= 15 is 0 Å². The summed E-state index contributed by atoms with van der Waals surface area (Å²) in [5.74, 6) is 0.906. The molecule has 2 aromatic heterocycles. The monoisotopic (exact) mass is 268 g/mol. The van der Waals surface area contributed by atoms with E-state index in [0.29, 0.717) is 0 Å². The van der Waals surface area contributed by atoms with E-state index in [1.54, 1.807) is 11.3 Å². The molecule has 0 spiro atoms. The molecule has 0 saturated heterocycles. The SMILES string of the molecule is CN(Cc1nccs1)c1nc(C(C)(C)C)ns1. The van der Waals surface area contributed by atoms with Crippen LogP contribution in [0.4, 0.5) is 5.13 Å². The first-order valence-electron chi connectivity index (χ1n) is 5.40. The maximum Gasteiger partial charge on any atom is 0.205 e. The number of thiazole rings is 1. The predicted octanol–water partition coefficient (Wildman–Crippen LogP) is 2.93. The highest BCUT2D eigenvalue weighted by Crippen LogP contribution is 2.25. The van der Waals surface area contributed by atoms with Gasteiger partial charge in [0.05, 0.1) is 6.54 Å². The molecule has 92 valence electrons. The molecule has 0 aliphatic heterocycles. The molecule has 2 rings (SSSR count). The molecule has 2 aromatic rings. The molecule has 0 unspecified atom stereocenters. The first-order valence-corrected chi connectivity index (χ1v) is 7.06. The third kappa shape index (κ3) is 3.01. The van der Waals surface area contributed by atoms with Gasteiger partial charge >= 0.3 is 0 Å². The first-order chi connectivity index (χ1) is 7.97. The fraction of sp³-hybridized carbons (Fsp3) is 0.545. The standard InChI is InChI=1S/C11H16N4S2/c1-11(2,3)9-13-10(17-14-9)15(4)7-8-12-5-6-16-8/h5-6H,7H2,1-4H3. The van der Waals surface area contributed by atoms with Crippen LogP contribution in [0.25, 0.3) is 0 Å². The zero-order valence-corrected chi connectivity index (χ0v) is 12.1. The molecule has 17 heavy (non-hydrogen) atoms. The Hall–Kier alpha value is -1.01. The topological polar surface area (TPSA) is 41.9 Å². The van der Waals surface area contributed by atoms with Gasteiger partial charge in [-0.1, -0.05) is 20.8 Å². The van der Waals surface area contributed by atoms with Gasteiger partial charge in [-0.3, -0.25) is 0 Å². The van der Waals surface area contributed by atoms with Crippen LogP contribution in [0.1, 0.15) is 31.6 Å². The summed E-state index contributed by atoms with van der Waals surface area (Å²) in [6.07, 6.45) is 1.83. The summed E-state index contributed by atoms with van der Waals surface area (Å²) in [7, 11) is 2.02. The van der Waals surface area contributed by atoms with Crippen molar-refractivity contribution in [2.45, 2.75) is 32.7 Å². The summed E-state index contributed by atoms with van der Waals surface area (Å²) in [4.78, 5) is 10.9. The highest BCUT2D eigenvalue weighted by Gasteiger charge is 2.20. The third-order valence-electron chi connectivity index (χ3n) is 2.27. The minimum absolute atomic E-state index is 0.0107. The Morgan fingerprint density at radius 2 is 2.12 bits per heavy atom. The summed E-state index contributed by atoms with van der Waals surface area (Å²) in [5.41, 5.74) is 0.0107. The number of rotatable bonds is 3. The van der Waals surface area contributed by atoms with E-state index in [2.05, 4.69) is 40.0 Å². The smallest absolute Gasteiger partial charge is 0.205 e. The van der Waals surface area contributed by atoms with Gasteiger partial charge in [-0.15, -0.1) is 11.3 Å². The van der Waals surface area contributed by atoms with Gasteiger partial charge in [0.1, 0.15) is 10.8 Å². The molecule has 2 heterocycles. The minimum atomic E-state index is 0.0107. The molecule has 0 amide bonds. The van der Waals surface area contributed by atoms with Gasteiger partial charge in [0.25, 0.3) is 0 Å². The molecule has 0 aliphatic carbocycles. The molecule has 0 radical (unpaired) electrons. The van der Waals surface area contributed by atoms with Gasteiger partial charge in [-0.05, 0) is 0 Å². The quantitative estimate of drug-likeness (QED) is 0.858. The Labute approximate surface area is 110 Å². The van der Waals surface area contributed by atoms with Crippen LogP contribution in [0.3, 0.4) is 0 Å². The summed E-state index contributed by atoms with van der Waals surface area (Å²) in [5, 5.41) is 4.04. The van der Waals surface area contributed by atoms with Gasteiger partial charge in [0.15, 0.2) is 0 Å². The lowest BCUT2D eigenvalue weighted by atomic mass is 9.96. The molecule has 6 heteroatoms. The zero-order chi connectivity index (χ0) is 12.5. The number of hydrogen-bond donors (Lipinski definition) is 0. The van der Waals surface area contributed by atoms with Crippen molar-refractivity contribution in [2.75, 3.05) is 11.9 Å². The van der Waals surface area contributed by atoms with Crippen LogP contribution in [0, 0.1) is 0 Å². The molecular weight excluding hydrogens is 252 g/mol. The van der Waals surface area contributed by atoms with Gasteiger partial charge in [-0.25, -0.2) is 9.97 Å². The van der Waals surface area contributed by atoms with Crippen LogP contribution in [0.2, 0.25) is 0 Å². The maximum absolute atomic E-state index is 4.57. The second-order valence-electron chi connectivity index (χ2n) is 4.93. The highest BCUT2D eigenvalue weighted by molar-refractivity contribution is 7.10. The number of nitrogens with zero attached hydrogens (tertiary/aromatic N) is 4. The van der Waals surface area contributed by atoms with Crippen molar-refractivity contribution in [2.24, 2.45) is 0 Å². The van der Waals surface area contributed by atoms with Crippen LogP contribution in [0.5, 0.6) is 0 Å². The first kappa shape index (κ1) is 12.4. The second kappa shape index (κ2) is 4.70. The van der Waals surface area contributed by atoms with Crippen molar-refractivity contribution < 1.29 is 0 Å². The fourth-order valence-electron chi connectivity index (χ4n) is 1.28. The van der Waals surface area contributed by atoms with Crippen molar-refractivity contribution in [1.29, 1.82) is 0 Å². The summed E-state index contributed by atoms with van der Waals surface area (Å²) >= 11 is 3.11. The zero-order valence-electron chi connectivity index (χ0n) is 10.5. The lowest BCUT2D eigenvalue weighted by Gasteiger charge is -2.14. The molecule has 0 saturated carbocycles. The van der Waals surface area contributed by atoms with E-state index in [9.17, 15) is 0 Å². The van der Waals surface area contributed by atoms with Crippen molar-refractivity contribution in [3.05, 3.63) is 22.4 Å². The summed E-state index contributed by atoms with van der Waals surface area (Å²) < 4.78 is 4.41. The molecular formula is C11H16N4S2. The average molecular weight is 268 g/mol. The Morgan fingerprint density at radius 3 is 2.65 bits per heavy atom. The lowest BCUT2D eigenvalue weighted by molar-refractivity contribution is 0.554. The number of aromatic nitrogens is 3. The van der Waals surface area contributed by atoms with Gasteiger partial charge in [-0.2, -0.15) is 4.37 Å². The Bertz CT molecular complexity index is 470. The van der Waals surface area contributed by atoms with Crippen LogP contribution in [-0.4, -0.2) is 21.4 Å². The third-order valence-corrected chi connectivity index (χ3v) is 3.86. The summed E-state index contributed by atoms with van der Waals surface area (Å²) in [6, 6.07) is 0. The highest BCUT2D eigenvalue weighted by atomic mass is 32.1. The van der Waals surface area contributed by atoms with Crippen molar-refractivity contribution in [3.63, 3.8) is 0 Å². The van der Waals surface area contributed by atoms with Crippen LogP contribution in [0.15, 0.2) is 11.6 Å². The number of anilines is 1. The molecule has 4 nitrogen and oxygen atoms in total. The van der Waals surface area contributed by atoms with Crippen LogP contribution >= 0.6 is 22.9 Å². The predicted molar refractivity (Wildman–Crippen MR) is 72.8 cm³/mol.